The lowest BCUT2D eigenvalue weighted by Gasteiger charge is -2.18. The van der Waals surface area contributed by atoms with Crippen LogP contribution in [0.4, 0.5) is 0 Å². The third-order valence-electron chi connectivity index (χ3n) is 6.06. The molecule has 1 aromatic heterocycles. The first kappa shape index (κ1) is 29.2. The summed E-state index contributed by atoms with van der Waals surface area (Å²) < 4.78 is 17.5. The molecule has 0 saturated heterocycles. The summed E-state index contributed by atoms with van der Waals surface area (Å²) >= 11 is 0. The van der Waals surface area contributed by atoms with Crippen LogP contribution in [0.25, 0.3) is 11.3 Å². The zero-order valence-corrected chi connectivity index (χ0v) is 23.0. The van der Waals surface area contributed by atoms with Gasteiger partial charge in [-0.25, -0.2) is 0 Å². The highest BCUT2D eigenvalue weighted by atomic mass is 16.5. The molecule has 0 fully saturated rings. The van der Waals surface area contributed by atoms with E-state index < -0.39 is 23.8 Å². The normalized spacial score (nSPS) is 11.5. The average molecular weight is 537 g/mol. The lowest BCUT2D eigenvalue weighted by Crippen LogP contribution is -2.48. The van der Waals surface area contributed by atoms with Gasteiger partial charge < -0.3 is 24.8 Å². The van der Waals surface area contributed by atoms with Crippen molar-refractivity contribution in [2.75, 3.05) is 27.9 Å². The predicted molar refractivity (Wildman–Crippen MR) is 147 cm³/mol. The molecule has 2 N–H and O–H groups in total. The van der Waals surface area contributed by atoms with Crippen LogP contribution in [0.3, 0.4) is 0 Å². The number of nitrogens with zero attached hydrogens (tertiary/aromatic N) is 2. The predicted octanol–water partition coefficient (Wildman–Crippen LogP) is 3.24. The molecular formula is C29H36N4O6. The molecule has 1 heterocycles. The number of esters is 1. The summed E-state index contributed by atoms with van der Waals surface area (Å²) in [6.45, 7) is 4.35. The van der Waals surface area contributed by atoms with Crippen molar-refractivity contribution in [3.05, 3.63) is 65.9 Å². The van der Waals surface area contributed by atoms with Crippen LogP contribution in [-0.2, 0) is 27.3 Å². The molecule has 1 atom stereocenters. The minimum absolute atomic E-state index is 0.143. The van der Waals surface area contributed by atoms with Crippen molar-refractivity contribution in [2.45, 2.75) is 39.3 Å². The molecule has 0 radical (unpaired) electrons. The SMILES string of the molecule is COC(=O)CNC(=O)C(CCc1ccccc1)NC(=O)c1cc(-c2c(OC)cccc2OC)n(CC(C)C)n1. The molecule has 0 aliphatic rings. The molecule has 0 aliphatic carbocycles. The molecule has 10 heteroatoms. The Kier molecular flexibility index (Phi) is 10.5. The van der Waals surface area contributed by atoms with Crippen LogP contribution in [0.2, 0.25) is 0 Å². The number of amides is 2. The van der Waals surface area contributed by atoms with E-state index >= 15 is 0 Å². The smallest absolute Gasteiger partial charge is 0.325 e. The van der Waals surface area contributed by atoms with Gasteiger partial charge in [0, 0.05) is 6.54 Å². The Morgan fingerprint density at radius 3 is 2.21 bits per heavy atom. The zero-order chi connectivity index (χ0) is 28.4. The monoisotopic (exact) mass is 536 g/mol. The second kappa shape index (κ2) is 14.0. The maximum absolute atomic E-state index is 13.4. The van der Waals surface area contributed by atoms with Crippen molar-refractivity contribution in [3.8, 4) is 22.8 Å². The van der Waals surface area contributed by atoms with Crippen LogP contribution < -0.4 is 20.1 Å². The molecule has 0 saturated carbocycles. The molecule has 10 nitrogen and oxygen atoms in total. The van der Waals surface area contributed by atoms with Gasteiger partial charge in [-0.05, 0) is 42.5 Å². The number of ether oxygens (including phenoxy) is 3. The lowest BCUT2D eigenvalue weighted by atomic mass is 10.0. The highest BCUT2D eigenvalue weighted by Crippen LogP contribution is 2.38. The van der Waals surface area contributed by atoms with Gasteiger partial charge in [-0.2, -0.15) is 5.10 Å². The molecular weight excluding hydrogens is 500 g/mol. The number of carbonyl (C=O) groups excluding carboxylic acids is 3. The second-order valence-corrected chi connectivity index (χ2v) is 9.37. The van der Waals surface area contributed by atoms with E-state index in [2.05, 4.69) is 34.3 Å². The molecule has 0 spiro atoms. The fourth-order valence-corrected chi connectivity index (χ4v) is 4.13. The van der Waals surface area contributed by atoms with E-state index in [0.29, 0.717) is 42.1 Å². The van der Waals surface area contributed by atoms with E-state index in [1.807, 2.05) is 48.5 Å². The van der Waals surface area contributed by atoms with Crippen molar-refractivity contribution in [3.63, 3.8) is 0 Å². The molecule has 3 rings (SSSR count). The van der Waals surface area contributed by atoms with Gasteiger partial charge >= 0.3 is 5.97 Å². The Morgan fingerprint density at radius 2 is 1.62 bits per heavy atom. The Labute approximate surface area is 228 Å². The maximum atomic E-state index is 13.4. The second-order valence-electron chi connectivity index (χ2n) is 9.37. The first-order chi connectivity index (χ1) is 18.8. The first-order valence-corrected chi connectivity index (χ1v) is 12.8. The summed E-state index contributed by atoms with van der Waals surface area (Å²) in [5.41, 5.74) is 2.48. The fourth-order valence-electron chi connectivity index (χ4n) is 4.13. The number of hydrogen-bond donors (Lipinski definition) is 2. The average Bonchev–Trinajstić information content (AvgIpc) is 3.36. The van der Waals surface area contributed by atoms with Crippen molar-refractivity contribution in [2.24, 2.45) is 5.92 Å². The van der Waals surface area contributed by atoms with E-state index in [1.165, 1.54) is 7.11 Å². The van der Waals surface area contributed by atoms with Gasteiger partial charge in [0.2, 0.25) is 5.91 Å². The molecule has 39 heavy (non-hydrogen) atoms. The van der Waals surface area contributed by atoms with Crippen molar-refractivity contribution in [1.29, 1.82) is 0 Å². The quantitative estimate of drug-likeness (QED) is 0.322. The number of benzene rings is 2. The number of hydrogen-bond acceptors (Lipinski definition) is 7. The van der Waals surface area contributed by atoms with Gasteiger partial charge in [0.15, 0.2) is 5.69 Å². The Balaban J connectivity index is 1.91. The summed E-state index contributed by atoms with van der Waals surface area (Å²) in [4.78, 5) is 38.0. The van der Waals surface area contributed by atoms with Gasteiger partial charge in [0.1, 0.15) is 24.1 Å². The standard InChI is InChI=1S/C29H36N4O6/c1-19(2)18-33-23(27-24(37-3)12-9-13-25(27)38-4)16-22(32-33)29(36)31-21(28(35)30-17-26(34)39-5)15-14-20-10-7-6-8-11-20/h6-13,16,19,21H,14-15,17-18H2,1-5H3,(H,30,35)(H,31,36). The molecule has 2 aromatic carbocycles. The van der Waals surface area contributed by atoms with E-state index in [4.69, 9.17) is 9.47 Å². The summed E-state index contributed by atoms with van der Waals surface area (Å²) in [6, 6.07) is 15.9. The van der Waals surface area contributed by atoms with E-state index in [1.54, 1.807) is 25.0 Å². The van der Waals surface area contributed by atoms with Crippen molar-refractivity contribution >= 4 is 17.8 Å². The third-order valence-corrected chi connectivity index (χ3v) is 6.06. The van der Waals surface area contributed by atoms with Crippen LogP contribution >= 0.6 is 0 Å². The van der Waals surface area contributed by atoms with Gasteiger partial charge in [0.25, 0.3) is 5.91 Å². The van der Waals surface area contributed by atoms with Gasteiger partial charge in [-0.15, -0.1) is 0 Å². The first-order valence-electron chi connectivity index (χ1n) is 12.8. The Hall–Kier alpha value is -4.34. The summed E-state index contributed by atoms with van der Waals surface area (Å²) in [7, 11) is 4.38. The van der Waals surface area contributed by atoms with Crippen molar-refractivity contribution < 1.29 is 28.6 Å². The molecule has 0 bridgehead atoms. The van der Waals surface area contributed by atoms with E-state index in [-0.39, 0.29) is 18.2 Å². The Morgan fingerprint density at radius 1 is 0.949 bits per heavy atom. The number of aryl methyl sites for hydroxylation is 1. The summed E-state index contributed by atoms with van der Waals surface area (Å²) in [6.07, 6.45) is 0.867. The third kappa shape index (κ3) is 7.83. The van der Waals surface area contributed by atoms with Crippen LogP contribution in [0.1, 0.15) is 36.3 Å². The highest BCUT2D eigenvalue weighted by molar-refractivity contribution is 5.97. The topological polar surface area (TPSA) is 121 Å². The summed E-state index contributed by atoms with van der Waals surface area (Å²) in [5.74, 6) is -0.192. The van der Waals surface area contributed by atoms with E-state index in [0.717, 1.165) is 5.56 Å². The lowest BCUT2D eigenvalue weighted by molar-refractivity contribution is -0.141. The van der Waals surface area contributed by atoms with Gasteiger partial charge in [-0.1, -0.05) is 50.2 Å². The van der Waals surface area contributed by atoms with Crippen LogP contribution in [-0.4, -0.2) is 61.5 Å². The van der Waals surface area contributed by atoms with Gasteiger partial charge in [0.05, 0.1) is 32.6 Å². The highest BCUT2D eigenvalue weighted by Gasteiger charge is 2.26. The molecule has 208 valence electrons. The fraction of sp³-hybridized carbons (Fsp3) is 0.379. The minimum atomic E-state index is -0.901. The van der Waals surface area contributed by atoms with E-state index in [9.17, 15) is 14.4 Å². The number of methoxy groups -OCH3 is 3. The molecule has 3 aromatic rings. The molecule has 0 aliphatic heterocycles. The number of nitrogens with one attached hydrogen (secondary N) is 2. The number of aromatic nitrogens is 2. The van der Waals surface area contributed by atoms with Crippen LogP contribution in [0.15, 0.2) is 54.6 Å². The number of carbonyl (C=O) groups is 3. The zero-order valence-electron chi connectivity index (χ0n) is 23.0. The largest absolute Gasteiger partial charge is 0.496 e. The van der Waals surface area contributed by atoms with Crippen molar-refractivity contribution in [1.82, 2.24) is 20.4 Å². The summed E-state index contributed by atoms with van der Waals surface area (Å²) in [5, 5.41) is 9.93. The Bertz CT molecular complexity index is 1250. The molecule has 1 unspecified atom stereocenters. The maximum Gasteiger partial charge on any atom is 0.325 e. The number of rotatable bonds is 13. The van der Waals surface area contributed by atoms with Crippen LogP contribution in [0.5, 0.6) is 11.5 Å². The minimum Gasteiger partial charge on any atom is -0.496 e. The van der Waals surface area contributed by atoms with Gasteiger partial charge in [-0.3, -0.25) is 19.1 Å². The molecule has 2 amide bonds. The van der Waals surface area contributed by atoms with Crippen LogP contribution in [0, 0.1) is 5.92 Å².